The molecule has 0 fully saturated rings. The molecule has 0 bridgehead atoms. The first-order chi connectivity index (χ1) is 13.4. The van der Waals surface area contributed by atoms with Crippen LogP contribution in [-0.4, -0.2) is 11.7 Å². The number of amides is 1. The Morgan fingerprint density at radius 3 is 1.96 bits per heavy atom. The van der Waals surface area contributed by atoms with Crippen molar-refractivity contribution >= 4 is 17.4 Å². The van der Waals surface area contributed by atoms with Crippen LogP contribution >= 0.6 is 0 Å². The summed E-state index contributed by atoms with van der Waals surface area (Å²) in [6.45, 7) is 0. The lowest BCUT2D eigenvalue weighted by Crippen LogP contribution is -2.31. The molecule has 2 N–H and O–H groups in total. The fourth-order valence-electron chi connectivity index (χ4n) is 2.65. The Balaban J connectivity index is 1.83. The fraction of sp³-hybridized carbons (Fsp3) is 0.0476. The Morgan fingerprint density at radius 1 is 0.714 bits per heavy atom. The Kier molecular flexibility index (Phi) is 5.44. The van der Waals surface area contributed by atoms with Gasteiger partial charge in [0.2, 0.25) is 0 Å². The summed E-state index contributed by atoms with van der Waals surface area (Å²) in [6.07, 6.45) is -4.57. The van der Waals surface area contributed by atoms with Crippen molar-refractivity contribution in [1.29, 1.82) is 0 Å². The summed E-state index contributed by atoms with van der Waals surface area (Å²) in [6, 6.07) is 19.3. The lowest BCUT2D eigenvalue weighted by Gasteiger charge is -2.15. The molecule has 0 aliphatic carbocycles. The second-order valence-corrected chi connectivity index (χ2v) is 5.86. The van der Waals surface area contributed by atoms with Crippen LogP contribution < -0.4 is 10.9 Å². The predicted octanol–water partition coefficient (Wildman–Crippen LogP) is 4.69. The summed E-state index contributed by atoms with van der Waals surface area (Å²) in [5.41, 5.74) is 3.92. The molecule has 0 spiro atoms. The van der Waals surface area contributed by atoms with Crippen LogP contribution in [0.5, 0.6) is 0 Å². The third-order valence-corrected chi connectivity index (χ3v) is 4.00. The zero-order chi connectivity index (χ0) is 20.1. The minimum Gasteiger partial charge on any atom is -0.298 e. The Morgan fingerprint density at radius 2 is 1.29 bits per heavy atom. The molecule has 0 aliphatic heterocycles. The van der Waals surface area contributed by atoms with Gasteiger partial charge >= 0.3 is 6.18 Å². The van der Waals surface area contributed by atoms with E-state index in [1.807, 2.05) is 0 Å². The number of carbonyl (C=O) groups is 2. The molecule has 1 amide bonds. The van der Waals surface area contributed by atoms with Crippen LogP contribution in [0.25, 0.3) is 0 Å². The molecule has 0 atom stereocenters. The number of hydrogen-bond acceptors (Lipinski definition) is 3. The predicted molar refractivity (Wildman–Crippen MR) is 98.8 cm³/mol. The number of halogens is 3. The third-order valence-electron chi connectivity index (χ3n) is 4.00. The maximum absolute atomic E-state index is 13.1. The summed E-state index contributed by atoms with van der Waals surface area (Å²) in [5.74, 6) is -1.08. The van der Waals surface area contributed by atoms with E-state index in [9.17, 15) is 22.8 Å². The first kappa shape index (κ1) is 19.2. The Bertz CT molecular complexity index is 1000. The Labute approximate surface area is 159 Å². The molecule has 4 nitrogen and oxygen atoms in total. The van der Waals surface area contributed by atoms with Crippen LogP contribution in [0.3, 0.4) is 0 Å². The molecule has 0 saturated carbocycles. The van der Waals surface area contributed by atoms with Gasteiger partial charge in [-0.2, -0.15) is 13.2 Å². The molecule has 142 valence electrons. The minimum atomic E-state index is -4.57. The molecule has 3 rings (SSSR count). The van der Waals surface area contributed by atoms with Crippen LogP contribution in [-0.2, 0) is 6.18 Å². The van der Waals surface area contributed by atoms with Crippen molar-refractivity contribution in [2.45, 2.75) is 6.18 Å². The fourth-order valence-corrected chi connectivity index (χ4v) is 2.65. The highest BCUT2D eigenvalue weighted by Crippen LogP contribution is 2.34. The Hall–Kier alpha value is -3.61. The van der Waals surface area contributed by atoms with Crippen LogP contribution in [0.15, 0.2) is 78.9 Å². The highest BCUT2D eigenvalue weighted by molar-refractivity contribution is 6.15. The van der Waals surface area contributed by atoms with Gasteiger partial charge in [-0.25, -0.2) is 0 Å². The topological polar surface area (TPSA) is 58.2 Å². The largest absolute Gasteiger partial charge is 0.418 e. The maximum Gasteiger partial charge on any atom is 0.418 e. The lowest BCUT2D eigenvalue weighted by atomic mass is 9.98. The van der Waals surface area contributed by atoms with E-state index < -0.39 is 17.6 Å². The van der Waals surface area contributed by atoms with Gasteiger partial charge in [-0.1, -0.05) is 60.7 Å². The van der Waals surface area contributed by atoms with E-state index in [4.69, 9.17) is 0 Å². The summed E-state index contributed by atoms with van der Waals surface area (Å²) in [5, 5.41) is 0. The molecular formula is C21H15F3N2O2. The van der Waals surface area contributed by atoms with E-state index in [0.717, 1.165) is 6.07 Å². The van der Waals surface area contributed by atoms with Crippen LogP contribution in [0.4, 0.5) is 18.9 Å². The molecule has 0 unspecified atom stereocenters. The monoisotopic (exact) mass is 384 g/mol. The maximum atomic E-state index is 13.1. The van der Waals surface area contributed by atoms with Crippen molar-refractivity contribution in [2.75, 3.05) is 5.43 Å². The first-order valence-corrected chi connectivity index (χ1v) is 8.29. The van der Waals surface area contributed by atoms with Gasteiger partial charge in [-0.15, -0.1) is 0 Å². The van der Waals surface area contributed by atoms with E-state index in [1.165, 1.54) is 30.3 Å². The van der Waals surface area contributed by atoms with Crippen molar-refractivity contribution in [3.05, 3.63) is 101 Å². The molecule has 0 heterocycles. The van der Waals surface area contributed by atoms with Crippen molar-refractivity contribution in [1.82, 2.24) is 5.43 Å². The molecule has 0 radical (unpaired) electrons. The third kappa shape index (κ3) is 4.20. The summed E-state index contributed by atoms with van der Waals surface area (Å²) in [7, 11) is 0. The molecular weight excluding hydrogens is 369 g/mol. The number of carbonyl (C=O) groups excluding carboxylic acids is 2. The van der Waals surface area contributed by atoms with Crippen molar-refractivity contribution < 1.29 is 22.8 Å². The molecule has 0 aromatic heterocycles. The van der Waals surface area contributed by atoms with E-state index >= 15 is 0 Å². The highest BCUT2D eigenvalue weighted by Gasteiger charge is 2.33. The molecule has 3 aromatic carbocycles. The molecule has 28 heavy (non-hydrogen) atoms. The number of para-hydroxylation sites is 1. The smallest absolute Gasteiger partial charge is 0.298 e. The number of hydrazine groups is 1. The summed E-state index contributed by atoms with van der Waals surface area (Å²) < 4.78 is 39.2. The van der Waals surface area contributed by atoms with Gasteiger partial charge in [0.15, 0.2) is 5.78 Å². The van der Waals surface area contributed by atoms with Crippen molar-refractivity contribution in [2.24, 2.45) is 0 Å². The minimum absolute atomic E-state index is 0.0494. The van der Waals surface area contributed by atoms with Crippen LogP contribution in [0, 0.1) is 0 Å². The number of nitrogens with one attached hydrogen (secondary N) is 2. The molecule has 7 heteroatoms. The van der Waals surface area contributed by atoms with E-state index in [-0.39, 0.29) is 22.6 Å². The molecule has 0 saturated heterocycles. The van der Waals surface area contributed by atoms with Crippen LogP contribution in [0.2, 0.25) is 0 Å². The van der Waals surface area contributed by atoms with E-state index in [2.05, 4.69) is 10.9 Å². The number of anilines is 1. The van der Waals surface area contributed by atoms with E-state index in [0.29, 0.717) is 5.56 Å². The van der Waals surface area contributed by atoms with Crippen molar-refractivity contribution in [3.63, 3.8) is 0 Å². The summed E-state index contributed by atoms with van der Waals surface area (Å²) in [4.78, 5) is 25.2. The highest BCUT2D eigenvalue weighted by atomic mass is 19.4. The number of ketones is 1. The van der Waals surface area contributed by atoms with Gasteiger partial charge in [0, 0.05) is 11.1 Å². The number of benzene rings is 3. The molecule has 0 aliphatic rings. The van der Waals surface area contributed by atoms with Gasteiger partial charge in [0.05, 0.1) is 16.8 Å². The van der Waals surface area contributed by atoms with Gasteiger partial charge < -0.3 is 0 Å². The standard InChI is InChI=1S/C21H15F3N2O2/c22-21(23,24)17-12-6-7-13-18(17)25-26-20(28)16-11-5-4-10-15(16)19(27)14-8-2-1-3-9-14/h1-13,25H,(H,26,28). The van der Waals surface area contributed by atoms with Crippen LogP contribution in [0.1, 0.15) is 31.8 Å². The average Bonchev–Trinajstić information content (AvgIpc) is 2.71. The van der Waals surface area contributed by atoms with Crippen molar-refractivity contribution in [3.8, 4) is 0 Å². The summed E-state index contributed by atoms with van der Waals surface area (Å²) >= 11 is 0. The average molecular weight is 384 g/mol. The SMILES string of the molecule is O=C(NNc1ccccc1C(F)(F)F)c1ccccc1C(=O)c1ccccc1. The number of hydrogen-bond donors (Lipinski definition) is 2. The van der Waals surface area contributed by atoms with Gasteiger partial charge in [0.1, 0.15) is 0 Å². The lowest BCUT2D eigenvalue weighted by molar-refractivity contribution is -0.137. The first-order valence-electron chi connectivity index (χ1n) is 8.29. The zero-order valence-corrected chi connectivity index (χ0v) is 14.5. The van der Waals surface area contributed by atoms with E-state index in [1.54, 1.807) is 42.5 Å². The normalized spacial score (nSPS) is 11.0. The second-order valence-electron chi connectivity index (χ2n) is 5.86. The zero-order valence-electron chi connectivity index (χ0n) is 14.5. The number of rotatable bonds is 5. The van der Waals surface area contributed by atoms with Gasteiger partial charge in [0.25, 0.3) is 5.91 Å². The number of alkyl halides is 3. The van der Waals surface area contributed by atoms with Gasteiger partial charge in [-0.05, 0) is 18.2 Å². The molecule has 3 aromatic rings. The van der Waals surface area contributed by atoms with Gasteiger partial charge in [-0.3, -0.25) is 20.4 Å². The second kappa shape index (κ2) is 7.96. The quantitative estimate of drug-likeness (QED) is 0.496.